The van der Waals surface area contributed by atoms with E-state index in [1.807, 2.05) is 44.2 Å². The molecular weight excluding hydrogens is 384 g/mol. The summed E-state index contributed by atoms with van der Waals surface area (Å²) >= 11 is 0. The predicted octanol–water partition coefficient (Wildman–Crippen LogP) is 4.88. The van der Waals surface area contributed by atoms with E-state index in [4.69, 9.17) is 18.4 Å². The molecule has 4 aromatic rings. The minimum absolute atomic E-state index is 0.0795. The van der Waals surface area contributed by atoms with Crippen molar-refractivity contribution in [1.29, 1.82) is 0 Å². The molecule has 7 nitrogen and oxygen atoms in total. The van der Waals surface area contributed by atoms with E-state index in [1.165, 1.54) is 0 Å². The summed E-state index contributed by atoms with van der Waals surface area (Å²) in [7, 11) is 0. The highest BCUT2D eigenvalue weighted by Crippen LogP contribution is 2.24. The van der Waals surface area contributed by atoms with Crippen LogP contribution in [0, 0.1) is 13.8 Å². The van der Waals surface area contributed by atoms with Gasteiger partial charge in [0.25, 0.3) is 0 Å². The van der Waals surface area contributed by atoms with E-state index < -0.39 is 5.97 Å². The lowest BCUT2D eigenvalue weighted by atomic mass is 10.2. The lowest BCUT2D eigenvalue weighted by Crippen LogP contribution is -2.08. The molecule has 0 aliphatic rings. The average Bonchev–Trinajstić information content (AvgIpc) is 3.38. The smallest absolute Gasteiger partial charge is 0.342 e. The summed E-state index contributed by atoms with van der Waals surface area (Å²) < 4.78 is 22.0. The molecule has 2 heterocycles. The van der Waals surface area contributed by atoms with Crippen LogP contribution in [0.15, 0.2) is 69.7 Å². The van der Waals surface area contributed by atoms with Crippen molar-refractivity contribution in [2.45, 2.75) is 27.1 Å². The highest BCUT2D eigenvalue weighted by atomic mass is 16.5. The molecule has 30 heavy (non-hydrogen) atoms. The third-order valence-corrected chi connectivity index (χ3v) is 4.60. The van der Waals surface area contributed by atoms with E-state index in [0.717, 1.165) is 16.8 Å². The molecule has 0 saturated heterocycles. The number of benzene rings is 2. The number of carbonyl (C=O) groups is 1. The highest BCUT2D eigenvalue weighted by molar-refractivity contribution is 5.92. The van der Waals surface area contributed by atoms with Gasteiger partial charge in [-0.1, -0.05) is 47.6 Å². The average molecular weight is 404 g/mol. The van der Waals surface area contributed by atoms with Crippen LogP contribution in [0.4, 0.5) is 0 Å². The quantitative estimate of drug-likeness (QED) is 0.406. The minimum atomic E-state index is -0.524. The first kappa shape index (κ1) is 19.4. The van der Waals surface area contributed by atoms with Crippen molar-refractivity contribution in [1.82, 2.24) is 10.1 Å². The van der Waals surface area contributed by atoms with Gasteiger partial charge in [0.1, 0.15) is 23.7 Å². The van der Waals surface area contributed by atoms with Crippen LogP contribution >= 0.6 is 0 Å². The van der Waals surface area contributed by atoms with Crippen LogP contribution in [-0.4, -0.2) is 16.1 Å². The van der Waals surface area contributed by atoms with Crippen molar-refractivity contribution in [2.75, 3.05) is 0 Å². The van der Waals surface area contributed by atoms with E-state index in [-0.39, 0.29) is 13.2 Å². The number of aryl methyl sites for hydroxylation is 2. The molecule has 0 amide bonds. The first-order valence-electron chi connectivity index (χ1n) is 9.42. The molecule has 0 spiro atoms. The first-order chi connectivity index (χ1) is 14.6. The zero-order valence-corrected chi connectivity index (χ0v) is 16.6. The number of esters is 1. The zero-order chi connectivity index (χ0) is 20.9. The normalized spacial score (nSPS) is 10.7. The van der Waals surface area contributed by atoms with Gasteiger partial charge in [-0.05, 0) is 26.0 Å². The molecule has 7 heteroatoms. The number of carbonyl (C=O) groups excluding carboxylic acids is 1. The SMILES string of the molecule is Cc1noc(C)c1COc1ccccc1C(=O)OCc1ncc(-c2ccccc2)o1. The van der Waals surface area contributed by atoms with Crippen LogP contribution in [0.1, 0.15) is 33.3 Å². The molecule has 0 saturated carbocycles. The lowest BCUT2D eigenvalue weighted by molar-refractivity contribution is 0.0434. The maximum Gasteiger partial charge on any atom is 0.342 e. The van der Waals surface area contributed by atoms with Crippen LogP contribution in [0.2, 0.25) is 0 Å². The summed E-state index contributed by atoms with van der Waals surface area (Å²) in [6, 6.07) is 16.5. The predicted molar refractivity (Wildman–Crippen MR) is 108 cm³/mol. The van der Waals surface area contributed by atoms with E-state index in [0.29, 0.717) is 28.7 Å². The fourth-order valence-electron chi connectivity index (χ4n) is 2.94. The van der Waals surface area contributed by atoms with Gasteiger partial charge in [0, 0.05) is 5.56 Å². The van der Waals surface area contributed by atoms with Crippen LogP contribution in [0.25, 0.3) is 11.3 Å². The maximum absolute atomic E-state index is 12.6. The van der Waals surface area contributed by atoms with E-state index in [1.54, 1.807) is 30.5 Å². The Morgan fingerprint density at radius 2 is 1.77 bits per heavy atom. The van der Waals surface area contributed by atoms with Crippen molar-refractivity contribution < 1.29 is 23.2 Å². The number of ether oxygens (including phenoxy) is 2. The Morgan fingerprint density at radius 1 is 1.00 bits per heavy atom. The number of nitrogens with zero attached hydrogens (tertiary/aromatic N) is 2. The topological polar surface area (TPSA) is 87.6 Å². The third-order valence-electron chi connectivity index (χ3n) is 4.60. The van der Waals surface area contributed by atoms with E-state index in [9.17, 15) is 4.79 Å². The summed E-state index contributed by atoms with van der Waals surface area (Å²) in [5.41, 5.74) is 2.83. The largest absolute Gasteiger partial charge is 0.488 e. The van der Waals surface area contributed by atoms with Crippen molar-refractivity contribution in [3.63, 3.8) is 0 Å². The molecule has 0 atom stereocenters. The summed E-state index contributed by atoms with van der Waals surface area (Å²) in [4.78, 5) is 16.8. The fraction of sp³-hybridized carbons (Fsp3) is 0.174. The number of hydrogen-bond acceptors (Lipinski definition) is 7. The van der Waals surface area contributed by atoms with Gasteiger partial charge in [0.05, 0.1) is 17.5 Å². The van der Waals surface area contributed by atoms with E-state index in [2.05, 4.69) is 10.1 Å². The maximum atomic E-state index is 12.6. The van der Waals surface area contributed by atoms with E-state index >= 15 is 0 Å². The third kappa shape index (κ3) is 4.25. The Morgan fingerprint density at radius 3 is 2.53 bits per heavy atom. The van der Waals surface area contributed by atoms with Crippen molar-refractivity contribution in [3.8, 4) is 17.1 Å². The number of hydrogen-bond donors (Lipinski definition) is 0. The number of aromatic nitrogens is 2. The molecule has 0 radical (unpaired) electrons. The monoisotopic (exact) mass is 404 g/mol. The van der Waals surface area contributed by atoms with Gasteiger partial charge in [-0.15, -0.1) is 0 Å². The summed E-state index contributed by atoms with van der Waals surface area (Å²) in [6.45, 7) is 3.82. The van der Waals surface area contributed by atoms with Crippen molar-refractivity contribution >= 4 is 5.97 Å². The van der Waals surface area contributed by atoms with Gasteiger partial charge >= 0.3 is 5.97 Å². The van der Waals surface area contributed by atoms with Gasteiger partial charge in [0.15, 0.2) is 12.4 Å². The van der Waals surface area contributed by atoms with Crippen LogP contribution in [-0.2, 0) is 18.0 Å². The molecule has 4 rings (SSSR count). The Labute approximate surface area is 173 Å². The first-order valence-corrected chi connectivity index (χ1v) is 9.42. The summed E-state index contributed by atoms with van der Waals surface area (Å²) in [5.74, 6) is 1.51. The van der Waals surface area contributed by atoms with Crippen LogP contribution < -0.4 is 4.74 Å². The molecule has 0 bridgehead atoms. The summed E-state index contributed by atoms with van der Waals surface area (Å²) in [5, 5.41) is 3.91. The molecule has 0 aliphatic heterocycles. The number of oxazole rings is 1. The highest BCUT2D eigenvalue weighted by Gasteiger charge is 2.17. The Bertz CT molecular complexity index is 1130. The molecule has 2 aromatic heterocycles. The molecule has 152 valence electrons. The lowest BCUT2D eigenvalue weighted by Gasteiger charge is -2.10. The van der Waals surface area contributed by atoms with Gasteiger partial charge in [-0.25, -0.2) is 9.78 Å². The van der Waals surface area contributed by atoms with Crippen LogP contribution in [0.3, 0.4) is 0 Å². The molecule has 0 N–H and O–H groups in total. The standard InChI is InChI=1S/C23H20N2O5/c1-15-19(16(2)30-25-15)13-27-20-11-7-6-10-18(20)23(26)28-14-22-24-12-21(29-22)17-8-4-3-5-9-17/h3-12H,13-14H2,1-2H3. The summed E-state index contributed by atoms with van der Waals surface area (Å²) in [6.07, 6.45) is 1.61. The van der Waals surface area contributed by atoms with Gasteiger partial charge < -0.3 is 18.4 Å². The second-order valence-corrected chi connectivity index (χ2v) is 6.65. The van der Waals surface area contributed by atoms with Crippen molar-refractivity contribution in [2.24, 2.45) is 0 Å². The van der Waals surface area contributed by atoms with Crippen molar-refractivity contribution in [3.05, 3.63) is 89.3 Å². The van der Waals surface area contributed by atoms with Gasteiger partial charge in [0.2, 0.25) is 5.89 Å². The fourth-order valence-corrected chi connectivity index (χ4v) is 2.94. The number of rotatable bonds is 7. The molecule has 2 aromatic carbocycles. The second-order valence-electron chi connectivity index (χ2n) is 6.65. The van der Waals surface area contributed by atoms with Crippen LogP contribution in [0.5, 0.6) is 5.75 Å². The minimum Gasteiger partial charge on any atom is -0.488 e. The Hall–Kier alpha value is -3.87. The molecule has 0 unspecified atom stereocenters. The molecule has 0 aliphatic carbocycles. The number of para-hydroxylation sites is 1. The zero-order valence-electron chi connectivity index (χ0n) is 16.6. The molecular formula is C23H20N2O5. The van der Waals surface area contributed by atoms with Gasteiger partial charge in [-0.3, -0.25) is 0 Å². The van der Waals surface area contributed by atoms with Gasteiger partial charge in [-0.2, -0.15) is 0 Å². The molecule has 0 fully saturated rings. The Balaban J connectivity index is 1.41. The second kappa shape index (κ2) is 8.65. The Kier molecular flexibility index (Phi) is 5.61.